The maximum Gasteiger partial charge on any atom is 0.408 e. The van der Waals surface area contributed by atoms with Crippen molar-refractivity contribution in [1.29, 1.82) is 0 Å². The molecule has 0 bridgehead atoms. The predicted molar refractivity (Wildman–Crippen MR) is 212 cm³/mol. The minimum absolute atomic E-state index is 0.00488. The lowest BCUT2D eigenvalue weighted by Gasteiger charge is -2.37. The van der Waals surface area contributed by atoms with Gasteiger partial charge in [-0.1, -0.05) is 133 Å². The predicted octanol–water partition coefficient (Wildman–Crippen LogP) is 4.68. The number of benzene rings is 3. The fraction of sp³-hybridized carbons (Fsp3) is 0.465. The third-order valence-corrected chi connectivity index (χ3v) is 9.47. The highest BCUT2D eigenvalue weighted by Gasteiger charge is 2.56. The van der Waals surface area contributed by atoms with E-state index in [1.165, 1.54) is 13.8 Å². The number of carbonyl (C=O) groups is 5. The van der Waals surface area contributed by atoms with Crippen molar-refractivity contribution in [2.24, 2.45) is 29.4 Å². The minimum atomic E-state index is -4.46. The fourth-order valence-corrected chi connectivity index (χ4v) is 6.20. The lowest BCUT2D eigenvalue weighted by Crippen LogP contribution is -2.66. The monoisotopic (exact) mass is 793 g/mol. The Kier molecular flexibility index (Phi) is 17.8. The van der Waals surface area contributed by atoms with E-state index in [1.54, 1.807) is 119 Å². The molecule has 14 heteroatoms. The number of alkyl carbamates (subject to hydrolysis) is 1. The number of hydrogen-bond donors (Lipinski definition) is 6. The summed E-state index contributed by atoms with van der Waals surface area (Å²) in [4.78, 5) is 67.9. The number of Topliss-reactive ketones (excluding diaryl/α,β-unsaturated/α-hetero) is 1. The molecule has 310 valence electrons. The molecule has 0 saturated heterocycles. The van der Waals surface area contributed by atoms with Crippen LogP contribution in [0.2, 0.25) is 0 Å². The van der Waals surface area contributed by atoms with Crippen LogP contribution in [0.3, 0.4) is 0 Å². The molecule has 4 unspecified atom stereocenters. The van der Waals surface area contributed by atoms with Gasteiger partial charge in [0.1, 0.15) is 24.7 Å². The molecule has 0 aliphatic heterocycles. The first-order valence-electron chi connectivity index (χ1n) is 19.2. The molecular formula is C43H57F2N5O7. The summed E-state index contributed by atoms with van der Waals surface area (Å²) in [5, 5.41) is 21.3. The van der Waals surface area contributed by atoms with E-state index in [4.69, 9.17) is 10.5 Å². The molecule has 0 saturated carbocycles. The van der Waals surface area contributed by atoms with Gasteiger partial charge >= 0.3 is 12.0 Å². The van der Waals surface area contributed by atoms with Crippen molar-refractivity contribution in [3.8, 4) is 0 Å². The number of alkyl halides is 2. The Morgan fingerprint density at radius 3 is 1.74 bits per heavy atom. The van der Waals surface area contributed by atoms with E-state index < -0.39 is 83.5 Å². The molecule has 3 rings (SSSR count). The number of rotatable bonds is 21. The maximum absolute atomic E-state index is 17.0. The van der Waals surface area contributed by atoms with E-state index in [0.717, 1.165) is 0 Å². The number of nitrogens with one attached hydrogen (secondary N) is 4. The van der Waals surface area contributed by atoms with Crippen molar-refractivity contribution in [2.45, 2.75) is 104 Å². The summed E-state index contributed by atoms with van der Waals surface area (Å²) in [6.45, 7) is 9.46. The van der Waals surface area contributed by atoms with Gasteiger partial charge in [-0.25, -0.2) is 13.6 Å². The van der Waals surface area contributed by atoms with Gasteiger partial charge in [-0.2, -0.15) is 0 Å². The standard InChI is InChI=1S/C43H57F2N5O7/c1-26(2)22-32(48-39(53)33(23-29-16-10-7-11-17-29)49-42(56)57-25-31-20-14-9-15-21-31)38(52)43(44,45)37(50-41(55)35(46)28(5)6)36(51)34(27(3)4)40(54)47-24-30-18-12-8-13-19-30/h7-21,26-28,32-35,37-38,52H,22-25,46H2,1-6H3,(H,47,54)(H,48,53)(H,49,56)(H,50,55)/t32?,33-,34?,35-,37?,38?/m0/s1. The van der Waals surface area contributed by atoms with E-state index in [-0.39, 0.29) is 31.9 Å². The van der Waals surface area contributed by atoms with Crippen LogP contribution in [0.1, 0.15) is 64.7 Å². The molecule has 7 N–H and O–H groups in total. The SMILES string of the molecule is CC(C)CC(NC(=O)[C@H](Cc1ccccc1)NC(=O)OCc1ccccc1)C(O)C(F)(F)C(NC(=O)[C@@H](N)C(C)C)C(=O)C(C(=O)NCc1ccccc1)C(C)C. The molecule has 57 heavy (non-hydrogen) atoms. The second-order valence-electron chi connectivity index (χ2n) is 15.4. The lowest BCUT2D eigenvalue weighted by molar-refractivity contribution is -0.168. The number of carbonyl (C=O) groups excluding carboxylic acids is 5. The van der Waals surface area contributed by atoms with Crippen LogP contribution >= 0.6 is 0 Å². The van der Waals surface area contributed by atoms with Crippen LogP contribution in [-0.2, 0) is 43.5 Å². The highest BCUT2D eigenvalue weighted by Crippen LogP contribution is 2.32. The minimum Gasteiger partial charge on any atom is -0.445 e. The van der Waals surface area contributed by atoms with Gasteiger partial charge in [-0.05, 0) is 40.9 Å². The molecule has 12 nitrogen and oxygen atoms in total. The van der Waals surface area contributed by atoms with Crippen LogP contribution < -0.4 is 27.0 Å². The summed E-state index contributed by atoms with van der Waals surface area (Å²) in [7, 11) is 0. The van der Waals surface area contributed by atoms with Gasteiger partial charge in [0.2, 0.25) is 17.7 Å². The third kappa shape index (κ3) is 14.0. The first kappa shape index (κ1) is 46.2. The number of halogens is 2. The number of nitrogens with two attached hydrogens (primary N) is 1. The Hall–Kier alpha value is -5.21. The molecule has 0 spiro atoms. The third-order valence-electron chi connectivity index (χ3n) is 9.47. The Labute approximate surface area is 333 Å². The van der Waals surface area contributed by atoms with E-state index >= 15 is 8.78 Å². The van der Waals surface area contributed by atoms with E-state index in [1.807, 2.05) is 0 Å². The topological polar surface area (TPSA) is 189 Å². The largest absolute Gasteiger partial charge is 0.445 e. The molecule has 0 radical (unpaired) electrons. The zero-order valence-corrected chi connectivity index (χ0v) is 33.4. The lowest BCUT2D eigenvalue weighted by atomic mass is 9.82. The summed E-state index contributed by atoms with van der Waals surface area (Å²) in [6, 6.07) is 19.2. The van der Waals surface area contributed by atoms with Gasteiger partial charge in [0, 0.05) is 13.0 Å². The number of aliphatic hydroxyl groups excluding tert-OH is 1. The Morgan fingerprint density at radius 1 is 0.702 bits per heavy atom. The Balaban J connectivity index is 1.95. The Morgan fingerprint density at radius 2 is 1.23 bits per heavy atom. The van der Waals surface area contributed by atoms with Crippen molar-refractivity contribution in [3.63, 3.8) is 0 Å². The molecule has 0 aliphatic carbocycles. The quantitative estimate of drug-likeness (QED) is 0.0839. The summed E-state index contributed by atoms with van der Waals surface area (Å²) in [5.74, 6) is -12.0. The first-order valence-corrected chi connectivity index (χ1v) is 19.2. The van der Waals surface area contributed by atoms with Gasteiger partial charge in [-0.3, -0.25) is 19.2 Å². The summed E-state index contributed by atoms with van der Waals surface area (Å²) in [6.07, 6.45) is -3.98. The molecule has 4 amide bonds. The zero-order valence-electron chi connectivity index (χ0n) is 33.4. The summed E-state index contributed by atoms with van der Waals surface area (Å²) < 4.78 is 39.3. The molecule has 0 aliphatic rings. The van der Waals surface area contributed by atoms with Gasteiger partial charge in [0.15, 0.2) is 11.8 Å². The second kappa shape index (κ2) is 21.9. The molecular weight excluding hydrogens is 736 g/mol. The van der Waals surface area contributed by atoms with Gasteiger partial charge < -0.3 is 36.8 Å². The van der Waals surface area contributed by atoms with Crippen molar-refractivity contribution < 1.29 is 42.6 Å². The molecule has 0 aromatic heterocycles. The van der Waals surface area contributed by atoms with Crippen LogP contribution in [0.5, 0.6) is 0 Å². The smallest absolute Gasteiger partial charge is 0.408 e. The highest BCUT2D eigenvalue weighted by molar-refractivity contribution is 6.06. The van der Waals surface area contributed by atoms with Crippen molar-refractivity contribution in [3.05, 3.63) is 108 Å². The first-order chi connectivity index (χ1) is 26.9. The highest BCUT2D eigenvalue weighted by atomic mass is 19.3. The fourth-order valence-electron chi connectivity index (χ4n) is 6.20. The maximum atomic E-state index is 17.0. The van der Waals surface area contributed by atoms with Gasteiger partial charge in [0.05, 0.1) is 12.1 Å². The van der Waals surface area contributed by atoms with Crippen LogP contribution in [0.25, 0.3) is 0 Å². The van der Waals surface area contributed by atoms with Crippen LogP contribution in [0, 0.1) is 23.7 Å². The second-order valence-corrected chi connectivity index (χ2v) is 15.4. The number of ketones is 1. The van der Waals surface area contributed by atoms with Crippen molar-refractivity contribution in [1.82, 2.24) is 21.3 Å². The molecule has 0 heterocycles. The summed E-state index contributed by atoms with van der Waals surface area (Å²) >= 11 is 0. The molecule has 6 atom stereocenters. The number of amides is 4. The van der Waals surface area contributed by atoms with Crippen LogP contribution in [0.15, 0.2) is 91.0 Å². The number of hydrogen-bond acceptors (Lipinski definition) is 8. The average Bonchev–Trinajstić information content (AvgIpc) is 3.17. The average molecular weight is 794 g/mol. The number of ether oxygens (including phenoxy) is 1. The molecule has 3 aromatic rings. The van der Waals surface area contributed by atoms with Crippen LogP contribution in [-0.4, -0.2) is 70.9 Å². The zero-order chi connectivity index (χ0) is 42.3. The summed E-state index contributed by atoms with van der Waals surface area (Å²) in [5.41, 5.74) is 8.03. The molecule has 0 fully saturated rings. The van der Waals surface area contributed by atoms with Crippen LogP contribution in [0.4, 0.5) is 13.6 Å². The van der Waals surface area contributed by atoms with E-state index in [9.17, 15) is 29.1 Å². The van der Waals surface area contributed by atoms with E-state index in [0.29, 0.717) is 16.7 Å². The van der Waals surface area contributed by atoms with Crippen molar-refractivity contribution in [2.75, 3.05) is 0 Å². The van der Waals surface area contributed by atoms with Gasteiger partial charge in [-0.15, -0.1) is 0 Å². The molecule has 3 aromatic carbocycles. The van der Waals surface area contributed by atoms with E-state index in [2.05, 4.69) is 21.3 Å². The Bertz CT molecular complexity index is 1750. The van der Waals surface area contributed by atoms with Crippen molar-refractivity contribution >= 4 is 29.6 Å². The normalized spacial score (nSPS) is 14.8. The number of aliphatic hydroxyl groups is 1. The van der Waals surface area contributed by atoms with Gasteiger partial charge in [0.25, 0.3) is 0 Å².